The number of hydrogen-bond donors (Lipinski definition) is 0. The lowest BCUT2D eigenvalue weighted by atomic mass is 9.80. The first-order valence-corrected chi connectivity index (χ1v) is 9.71. The normalized spacial score (nSPS) is 15.9. The van der Waals surface area contributed by atoms with Crippen molar-refractivity contribution in [2.75, 3.05) is 5.01 Å². The van der Waals surface area contributed by atoms with Crippen LogP contribution in [0.15, 0.2) is 53.8 Å². The number of nitrogens with zero attached hydrogens (tertiary/aromatic N) is 6. The van der Waals surface area contributed by atoms with Gasteiger partial charge in [0.25, 0.3) is 0 Å². The Labute approximate surface area is 164 Å². The molecule has 28 heavy (non-hydrogen) atoms. The van der Waals surface area contributed by atoms with Gasteiger partial charge < -0.3 is 0 Å². The van der Waals surface area contributed by atoms with Crippen LogP contribution in [0.4, 0.5) is 5.69 Å². The quantitative estimate of drug-likeness (QED) is 0.479. The second-order valence-corrected chi connectivity index (χ2v) is 7.48. The van der Waals surface area contributed by atoms with Gasteiger partial charge in [0.05, 0.1) is 16.7 Å². The van der Waals surface area contributed by atoms with Gasteiger partial charge in [-0.15, -0.1) is 10.0 Å². The van der Waals surface area contributed by atoms with Crippen molar-refractivity contribution in [3.8, 4) is 5.69 Å². The summed E-state index contributed by atoms with van der Waals surface area (Å²) in [5.41, 5.74) is 3.23. The van der Waals surface area contributed by atoms with E-state index in [1.54, 1.807) is 9.69 Å². The zero-order chi connectivity index (χ0) is 19.6. The molecule has 2 aromatic carbocycles. The van der Waals surface area contributed by atoms with Gasteiger partial charge >= 0.3 is 0 Å². The average Bonchev–Trinajstić information content (AvgIpc) is 3.20. The third kappa shape index (κ3) is 2.96. The molecule has 0 saturated heterocycles. The van der Waals surface area contributed by atoms with Gasteiger partial charge in [0.15, 0.2) is 5.82 Å². The van der Waals surface area contributed by atoms with Crippen LogP contribution in [-0.4, -0.2) is 20.2 Å². The standard InChI is InChI=1S/C21H24N6O/c1-16-10-9-11-17(2)19(16)26-20(22-23-24-26)21(14-7-4-8-15-21)27(25-28)18-12-5-3-6-13-18/h3,5-6,9-13H,4,7-8,14-15H2,1-2H3. The highest BCUT2D eigenvalue weighted by atomic mass is 16.3. The van der Waals surface area contributed by atoms with Crippen LogP contribution in [-0.2, 0) is 5.54 Å². The number of para-hydroxylation sites is 2. The molecule has 3 aromatic rings. The number of nitroso groups, excluding NO2 is 1. The van der Waals surface area contributed by atoms with Crippen molar-refractivity contribution in [3.63, 3.8) is 0 Å². The first-order valence-electron chi connectivity index (χ1n) is 9.71. The zero-order valence-corrected chi connectivity index (χ0v) is 16.2. The number of aromatic nitrogens is 4. The molecule has 144 valence electrons. The van der Waals surface area contributed by atoms with Crippen LogP contribution >= 0.6 is 0 Å². The van der Waals surface area contributed by atoms with E-state index in [0.717, 1.165) is 54.6 Å². The van der Waals surface area contributed by atoms with Crippen LogP contribution in [0.25, 0.3) is 5.69 Å². The molecule has 1 heterocycles. The van der Waals surface area contributed by atoms with Crippen molar-refractivity contribution in [2.24, 2.45) is 5.29 Å². The topological polar surface area (TPSA) is 76.3 Å². The second-order valence-electron chi connectivity index (χ2n) is 7.48. The lowest BCUT2D eigenvalue weighted by Crippen LogP contribution is -2.47. The Morgan fingerprint density at radius 2 is 1.64 bits per heavy atom. The van der Waals surface area contributed by atoms with Gasteiger partial charge in [-0.1, -0.05) is 55.7 Å². The molecule has 0 amide bonds. The summed E-state index contributed by atoms with van der Waals surface area (Å²) in [5, 5.41) is 17.8. The molecule has 0 atom stereocenters. The summed E-state index contributed by atoms with van der Waals surface area (Å²) in [7, 11) is 0. The van der Waals surface area contributed by atoms with E-state index in [2.05, 4.69) is 20.8 Å². The van der Waals surface area contributed by atoms with Gasteiger partial charge in [0.2, 0.25) is 0 Å². The third-order valence-electron chi connectivity index (χ3n) is 5.71. The van der Waals surface area contributed by atoms with E-state index in [4.69, 9.17) is 0 Å². The number of hydrogen-bond acceptors (Lipinski definition) is 5. The van der Waals surface area contributed by atoms with Crippen molar-refractivity contribution < 1.29 is 0 Å². The number of rotatable bonds is 5. The number of benzene rings is 2. The van der Waals surface area contributed by atoms with E-state index >= 15 is 0 Å². The fraction of sp³-hybridized carbons (Fsp3) is 0.381. The molecule has 1 aliphatic carbocycles. The van der Waals surface area contributed by atoms with Gasteiger partial charge in [-0.05, 0) is 60.4 Å². The summed E-state index contributed by atoms with van der Waals surface area (Å²) in [5.74, 6) is 0.674. The fourth-order valence-electron chi connectivity index (χ4n) is 4.38. The maximum Gasteiger partial charge on any atom is 0.184 e. The lowest BCUT2D eigenvalue weighted by Gasteiger charge is -2.41. The molecular weight excluding hydrogens is 352 g/mol. The summed E-state index contributed by atoms with van der Waals surface area (Å²) < 4.78 is 1.80. The largest absolute Gasteiger partial charge is 0.215 e. The van der Waals surface area contributed by atoms with Crippen LogP contribution < -0.4 is 5.01 Å². The highest BCUT2D eigenvalue weighted by molar-refractivity contribution is 5.51. The van der Waals surface area contributed by atoms with Crippen LogP contribution in [0.5, 0.6) is 0 Å². The number of tetrazole rings is 1. The van der Waals surface area contributed by atoms with E-state index in [-0.39, 0.29) is 0 Å². The summed E-state index contributed by atoms with van der Waals surface area (Å²) in [6.07, 6.45) is 4.68. The average molecular weight is 376 g/mol. The molecule has 0 unspecified atom stereocenters. The van der Waals surface area contributed by atoms with E-state index < -0.39 is 5.54 Å². The summed E-state index contributed by atoms with van der Waals surface area (Å²) >= 11 is 0. The monoisotopic (exact) mass is 376 g/mol. The molecule has 1 aromatic heterocycles. The molecule has 0 radical (unpaired) electrons. The summed E-state index contributed by atoms with van der Waals surface area (Å²) in [6.45, 7) is 4.10. The van der Waals surface area contributed by atoms with Crippen molar-refractivity contribution in [2.45, 2.75) is 51.5 Å². The van der Waals surface area contributed by atoms with Crippen molar-refractivity contribution in [1.82, 2.24) is 20.2 Å². The zero-order valence-electron chi connectivity index (χ0n) is 16.2. The van der Waals surface area contributed by atoms with Crippen molar-refractivity contribution in [3.05, 3.63) is 70.4 Å². The Balaban J connectivity index is 1.91. The van der Waals surface area contributed by atoms with Crippen LogP contribution in [0, 0.1) is 18.8 Å². The molecule has 0 bridgehead atoms. The van der Waals surface area contributed by atoms with Crippen molar-refractivity contribution >= 4 is 5.69 Å². The first kappa shape index (κ1) is 18.3. The van der Waals surface area contributed by atoms with Crippen molar-refractivity contribution in [1.29, 1.82) is 0 Å². The molecule has 1 saturated carbocycles. The smallest absolute Gasteiger partial charge is 0.184 e. The SMILES string of the molecule is Cc1cccc(C)c1-n1nnnc1C1(N(N=O)c2ccccc2)CCCCC1. The van der Waals surface area contributed by atoms with Gasteiger partial charge in [0.1, 0.15) is 5.54 Å². The van der Waals surface area contributed by atoms with E-state index in [9.17, 15) is 4.91 Å². The van der Waals surface area contributed by atoms with Gasteiger partial charge in [-0.2, -0.15) is 4.68 Å². The molecule has 0 spiro atoms. The molecular formula is C21H24N6O. The predicted molar refractivity (Wildman–Crippen MR) is 108 cm³/mol. The maximum absolute atomic E-state index is 12.1. The molecule has 4 rings (SSSR count). The Morgan fingerprint density at radius 3 is 2.29 bits per heavy atom. The second kappa shape index (κ2) is 7.50. The van der Waals surface area contributed by atoms with Crippen LogP contribution in [0.1, 0.15) is 49.1 Å². The minimum absolute atomic E-state index is 0.667. The van der Waals surface area contributed by atoms with Gasteiger partial charge in [-0.25, -0.2) is 5.01 Å². The Morgan fingerprint density at radius 1 is 0.964 bits per heavy atom. The minimum Gasteiger partial charge on any atom is -0.215 e. The van der Waals surface area contributed by atoms with E-state index in [0.29, 0.717) is 5.82 Å². The number of anilines is 1. The van der Waals surface area contributed by atoms with E-state index in [1.165, 1.54) is 0 Å². The minimum atomic E-state index is -0.667. The Hall–Kier alpha value is -3.09. The third-order valence-corrected chi connectivity index (χ3v) is 5.71. The molecule has 0 N–H and O–H groups in total. The highest BCUT2D eigenvalue weighted by Gasteiger charge is 2.46. The summed E-state index contributed by atoms with van der Waals surface area (Å²) in [4.78, 5) is 12.1. The van der Waals surface area contributed by atoms with E-state index in [1.807, 2.05) is 62.4 Å². The fourth-order valence-corrected chi connectivity index (χ4v) is 4.38. The molecule has 0 aliphatic heterocycles. The number of aryl methyl sites for hydroxylation is 2. The maximum atomic E-state index is 12.1. The lowest BCUT2D eigenvalue weighted by molar-refractivity contribution is 0.260. The Bertz CT molecular complexity index is 942. The predicted octanol–water partition coefficient (Wildman–Crippen LogP) is 4.63. The van der Waals surface area contributed by atoms with Crippen LogP contribution in [0.3, 0.4) is 0 Å². The highest BCUT2D eigenvalue weighted by Crippen LogP contribution is 2.44. The van der Waals surface area contributed by atoms with Gasteiger partial charge in [0, 0.05) is 0 Å². The summed E-state index contributed by atoms with van der Waals surface area (Å²) in [6, 6.07) is 15.7. The molecule has 7 nitrogen and oxygen atoms in total. The molecule has 7 heteroatoms. The Kier molecular flexibility index (Phi) is 4.90. The molecule has 1 aliphatic rings. The van der Waals surface area contributed by atoms with Gasteiger partial charge in [-0.3, -0.25) is 0 Å². The van der Waals surface area contributed by atoms with Crippen LogP contribution in [0.2, 0.25) is 0 Å². The molecule has 1 fully saturated rings. The first-order chi connectivity index (χ1) is 13.7.